The van der Waals surface area contributed by atoms with Crippen LogP contribution in [0.5, 0.6) is 0 Å². The lowest BCUT2D eigenvalue weighted by Gasteiger charge is -2.17. The van der Waals surface area contributed by atoms with Crippen LogP contribution in [0.1, 0.15) is 37.7 Å². The first-order chi connectivity index (χ1) is 8.29. The van der Waals surface area contributed by atoms with Gasteiger partial charge in [0.2, 0.25) is 5.91 Å². The fourth-order valence-electron chi connectivity index (χ4n) is 2.46. The van der Waals surface area contributed by atoms with Gasteiger partial charge >= 0.3 is 0 Å². The minimum absolute atomic E-state index is 0.0576. The van der Waals surface area contributed by atoms with E-state index in [-0.39, 0.29) is 11.8 Å². The fraction of sp³-hybridized carbons (Fsp3) is 0.500. The molecule has 1 aromatic carbocycles. The molecule has 3 heteroatoms. The monoisotopic (exact) mass is 251 g/mol. The molecule has 0 aliphatic carbocycles. The molecule has 2 rings (SSSR count). The van der Waals surface area contributed by atoms with Gasteiger partial charge in [0.1, 0.15) is 0 Å². The van der Waals surface area contributed by atoms with Crippen molar-refractivity contribution >= 4 is 23.2 Å². The van der Waals surface area contributed by atoms with E-state index in [2.05, 4.69) is 13.0 Å². The topological polar surface area (TPSA) is 20.3 Å². The predicted molar refractivity (Wildman–Crippen MR) is 71.8 cm³/mol. The van der Waals surface area contributed by atoms with Crippen molar-refractivity contribution in [1.29, 1.82) is 0 Å². The van der Waals surface area contributed by atoms with Crippen LogP contribution >= 0.6 is 11.6 Å². The average molecular weight is 252 g/mol. The summed E-state index contributed by atoms with van der Waals surface area (Å²) in [6.07, 6.45) is 2.81. The third-order valence-electron chi connectivity index (χ3n) is 3.34. The Morgan fingerprint density at radius 2 is 2.06 bits per heavy atom. The van der Waals surface area contributed by atoms with Crippen LogP contribution in [0.25, 0.3) is 0 Å². The maximum atomic E-state index is 12.3. The van der Waals surface area contributed by atoms with Gasteiger partial charge in [-0.3, -0.25) is 4.79 Å². The Hall–Kier alpha value is -1.02. The quantitative estimate of drug-likeness (QED) is 0.579. The van der Waals surface area contributed by atoms with Crippen LogP contribution in [-0.4, -0.2) is 18.3 Å². The van der Waals surface area contributed by atoms with Crippen LogP contribution in [0.2, 0.25) is 0 Å². The number of anilines is 1. The largest absolute Gasteiger partial charge is 0.312 e. The highest BCUT2D eigenvalue weighted by Crippen LogP contribution is 2.38. The summed E-state index contributed by atoms with van der Waals surface area (Å²) < 4.78 is 0. The molecule has 0 saturated carbocycles. The Morgan fingerprint density at radius 3 is 2.76 bits per heavy atom. The van der Waals surface area contributed by atoms with Crippen LogP contribution in [-0.2, 0) is 4.79 Å². The lowest BCUT2D eigenvalue weighted by molar-refractivity contribution is -0.119. The minimum atomic E-state index is 0.0576. The van der Waals surface area contributed by atoms with Crippen molar-refractivity contribution < 1.29 is 4.79 Å². The highest BCUT2D eigenvalue weighted by atomic mass is 35.5. The van der Waals surface area contributed by atoms with Gasteiger partial charge in [-0.1, -0.05) is 25.1 Å². The maximum Gasteiger partial charge on any atom is 0.234 e. The highest BCUT2D eigenvalue weighted by molar-refractivity contribution is 6.17. The predicted octanol–water partition coefficient (Wildman–Crippen LogP) is 3.55. The van der Waals surface area contributed by atoms with Gasteiger partial charge < -0.3 is 4.90 Å². The molecular weight excluding hydrogens is 234 g/mol. The molecule has 1 heterocycles. The van der Waals surface area contributed by atoms with Gasteiger partial charge in [-0.2, -0.15) is 0 Å². The zero-order valence-electron chi connectivity index (χ0n) is 10.2. The number of hydrogen-bond donors (Lipinski definition) is 0. The summed E-state index contributed by atoms with van der Waals surface area (Å²) in [5.41, 5.74) is 2.28. The van der Waals surface area contributed by atoms with Gasteiger partial charge in [-0.25, -0.2) is 0 Å². The second-order valence-corrected chi connectivity index (χ2v) is 4.78. The van der Waals surface area contributed by atoms with Gasteiger partial charge in [0, 0.05) is 18.1 Å². The summed E-state index contributed by atoms with van der Waals surface area (Å²) >= 11 is 5.68. The van der Waals surface area contributed by atoms with Gasteiger partial charge in [-0.15, -0.1) is 11.6 Å². The van der Waals surface area contributed by atoms with Crippen molar-refractivity contribution in [3.8, 4) is 0 Å². The molecule has 1 aliphatic heterocycles. The number of nitrogens with zero attached hydrogens (tertiary/aromatic N) is 1. The fourth-order valence-corrected chi connectivity index (χ4v) is 2.65. The summed E-state index contributed by atoms with van der Waals surface area (Å²) in [6.45, 7) is 2.86. The number of carbonyl (C=O) groups is 1. The summed E-state index contributed by atoms with van der Waals surface area (Å²) in [6, 6.07) is 8.13. The number of unbranched alkanes of at least 4 members (excludes halogenated alkanes) is 1. The van der Waals surface area contributed by atoms with Gasteiger partial charge in [-0.05, 0) is 30.9 Å². The van der Waals surface area contributed by atoms with E-state index in [9.17, 15) is 4.79 Å². The molecule has 0 N–H and O–H groups in total. The third kappa shape index (κ3) is 2.32. The number of para-hydroxylation sites is 1. The molecule has 1 unspecified atom stereocenters. The number of benzene rings is 1. The first-order valence-electron chi connectivity index (χ1n) is 6.25. The van der Waals surface area contributed by atoms with Crippen molar-refractivity contribution in [3.05, 3.63) is 29.8 Å². The van der Waals surface area contributed by atoms with E-state index in [1.54, 1.807) is 0 Å². The number of fused-ring (bicyclic) bond motifs is 1. The molecule has 0 aromatic heterocycles. The normalized spacial score (nSPS) is 18.6. The second-order valence-electron chi connectivity index (χ2n) is 4.41. The Balaban J connectivity index is 2.20. The SMILES string of the molecule is CCC1C(=O)N(CCCCCl)c2ccccc21. The molecule has 17 heavy (non-hydrogen) atoms. The first kappa shape index (κ1) is 12.4. The lowest BCUT2D eigenvalue weighted by atomic mass is 9.98. The summed E-state index contributed by atoms with van der Waals surface area (Å²) in [7, 11) is 0. The smallest absolute Gasteiger partial charge is 0.234 e. The van der Waals surface area contributed by atoms with Gasteiger partial charge in [0.15, 0.2) is 0 Å². The number of rotatable bonds is 5. The third-order valence-corrected chi connectivity index (χ3v) is 3.61. The number of halogens is 1. The molecule has 1 aliphatic rings. The average Bonchev–Trinajstić information content (AvgIpc) is 2.62. The maximum absolute atomic E-state index is 12.3. The molecule has 0 bridgehead atoms. The van der Waals surface area contributed by atoms with E-state index < -0.39 is 0 Å². The highest BCUT2D eigenvalue weighted by Gasteiger charge is 2.34. The summed E-state index contributed by atoms with van der Waals surface area (Å²) in [5.74, 6) is 0.978. The van der Waals surface area contributed by atoms with E-state index in [0.29, 0.717) is 5.88 Å². The molecular formula is C14H18ClNO. The molecule has 2 nitrogen and oxygen atoms in total. The van der Waals surface area contributed by atoms with Crippen LogP contribution in [0, 0.1) is 0 Å². The standard InChI is InChI=1S/C14H18ClNO/c1-2-11-12-7-3-4-8-13(12)16(14(11)17)10-6-5-9-15/h3-4,7-8,11H,2,5-6,9-10H2,1H3. The molecule has 0 spiro atoms. The van der Waals surface area contributed by atoms with Gasteiger partial charge in [0.05, 0.1) is 5.92 Å². The molecule has 1 amide bonds. The Bertz CT molecular complexity index is 405. The van der Waals surface area contributed by atoms with Crippen molar-refractivity contribution in [2.75, 3.05) is 17.3 Å². The minimum Gasteiger partial charge on any atom is -0.312 e. The molecule has 1 atom stereocenters. The zero-order chi connectivity index (χ0) is 12.3. The van der Waals surface area contributed by atoms with Crippen LogP contribution in [0.3, 0.4) is 0 Å². The number of carbonyl (C=O) groups excluding carboxylic acids is 1. The first-order valence-corrected chi connectivity index (χ1v) is 6.79. The Morgan fingerprint density at radius 1 is 1.29 bits per heavy atom. The molecule has 0 fully saturated rings. The van der Waals surface area contributed by atoms with Crippen molar-refractivity contribution in [3.63, 3.8) is 0 Å². The molecule has 1 aromatic rings. The molecule has 0 radical (unpaired) electrons. The summed E-state index contributed by atoms with van der Waals surface area (Å²) in [4.78, 5) is 14.2. The molecule has 0 saturated heterocycles. The van der Waals surface area contributed by atoms with Crippen LogP contribution in [0.4, 0.5) is 5.69 Å². The summed E-state index contributed by atoms with van der Waals surface area (Å²) in [5, 5.41) is 0. The second kappa shape index (κ2) is 5.54. The number of hydrogen-bond acceptors (Lipinski definition) is 1. The van der Waals surface area contributed by atoms with Crippen molar-refractivity contribution in [1.82, 2.24) is 0 Å². The van der Waals surface area contributed by atoms with E-state index >= 15 is 0 Å². The zero-order valence-corrected chi connectivity index (χ0v) is 10.9. The Kier molecular flexibility index (Phi) is 4.06. The molecule has 92 valence electrons. The van der Waals surface area contributed by atoms with Gasteiger partial charge in [0.25, 0.3) is 0 Å². The lowest BCUT2D eigenvalue weighted by Crippen LogP contribution is -2.29. The number of alkyl halides is 1. The van der Waals surface area contributed by atoms with Crippen molar-refractivity contribution in [2.24, 2.45) is 0 Å². The van der Waals surface area contributed by atoms with Crippen LogP contribution in [0.15, 0.2) is 24.3 Å². The Labute approximate surface area is 108 Å². The van der Waals surface area contributed by atoms with E-state index in [1.165, 1.54) is 5.56 Å². The van der Waals surface area contributed by atoms with Crippen LogP contribution < -0.4 is 4.90 Å². The van der Waals surface area contributed by atoms with E-state index in [1.807, 2.05) is 23.1 Å². The van der Waals surface area contributed by atoms with E-state index in [0.717, 1.165) is 31.5 Å². The van der Waals surface area contributed by atoms with E-state index in [4.69, 9.17) is 11.6 Å². The number of amides is 1. The van der Waals surface area contributed by atoms with Crippen molar-refractivity contribution in [2.45, 2.75) is 32.1 Å².